The highest BCUT2D eigenvalue weighted by Crippen LogP contribution is 2.28. The van der Waals surface area contributed by atoms with Crippen molar-refractivity contribution in [2.24, 2.45) is 0 Å². The molecule has 7 nitrogen and oxygen atoms in total. The molecule has 0 spiro atoms. The molecule has 2 N–H and O–H groups in total. The molecule has 3 aromatic rings. The van der Waals surface area contributed by atoms with Crippen molar-refractivity contribution in [3.63, 3.8) is 0 Å². The van der Waals surface area contributed by atoms with Crippen molar-refractivity contribution in [1.82, 2.24) is 9.78 Å². The normalized spacial score (nSPS) is 12.7. The van der Waals surface area contributed by atoms with Gasteiger partial charge in [-0.1, -0.05) is 28.1 Å². The molecule has 0 radical (unpaired) electrons. The number of nitrogens with zero attached hydrogens (tertiary/aromatic N) is 2. The summed E-state index contributed by atoms with van der Waals surface area (Å²) in [5, 5.41) is 9.84. The van der Waals surface area contributed by atoms with Gasteiger partial charge < -0.3 is 15.4 Å². The van der Waals surface area contributed by atoms with Crippen molar-refractivity contribution < 1.29 is 14.3 Å². The van der Waals surface area contributed by atoms with E-state index in [1.807, 2.05) is 24.3 Å². The Hall–Kier alpha value is -3.13. The third kappa shape index (κ3) is 3.85. The van der Waals surface area contributed by atoms with Crippen LogP contribution in [0.5, 0.6) is 5.75 Å². The van der Waals surface area contributed by atoms with Crippen LogP contribution >= 0.6 is 15.9 Å². The minimum atomic E-state index is -0.282. The SMILES string of the molecule is O=C1COc2cc(C(=O)Nc3ccnn3Cc3ccc(Br)cc3)ccc2N1. The minimum Gasteiger partial charge on any atom is -0.482 e. The number of carbonyl (C=O) groups excluding carboxylic acids is 2. The molecule has 1 aliphatic rings. The molecular formula is C19H15BrN4O3. The smallest absolute Gasteiger partial charge is 0.262 e. The molecule has 27 heavy (non-hydrogen) atoms. The first-order chi connectivity index (χ1) is 13.1. The van der Waals surface area contributed by atoms with Gasteiger partial charge in [-0.05, 0) is 35.9 Å². The van der Waals surface area contributed by atoms with E-state index in [2.05, 4.69) is 31.7 Å². The summed E-state index contributed by atoms with van der Waals surface area (Å²) in [7, 11) is 0. The van der Waals surface area contributed by atoms with Crippen LogP contribution in [0.4, 0.5) is 11.5 Å². The van der Waals surface area contributed by atoms with Crippen molar-refractivity contribution in [2.45, 2.75) is 6.54 Å². The van der Waals surface area contributed by atoms with Crippen LogP contribution in [0.2, 0.25) is 0 Å². The van der Waals surface area contributed by atoms with E-state index in [-0.39, 0.29) is 18.4 Å². The molecule has 8 heteroatoms. The van der Waals surface area contributed by atoms with E-state index >= 15 is 0 Å². The van der Waals surface area contributed by atoms with Crippen LogP contribution in [0.15, 0.2) is 59.2 Å². The number of aromatic nitrogens is 2. The van der Waals surface area contributed by atoms with E-state index in [9.17, 15) is 9.59 Å². The maximum Gasteiger partial charge on any atom is 0.262 e. The average Bonchev–Trinajstić information content (AvgIpc) is 3.09. The fourth-order valence-corrected chi connectivity index (χ4v) is 3.00. The Kier molecular flexibility index (Phi) is 4.64. The topological polar surface area (TPSA) is 85.2 Å². The molecule has 0 atom stereocenters. The lowest BCUT2D eigenvalue weighted by atomic mass is 10.1. The summed E-state index contributed by atoms with van der Waals surface area (Å²) >= 11 is 3.41. The molecule has 0 bridgehead atoms. The number of anilines is 2. The Morgan fingerprint density at radius 2 is 2.04 bits per heavy atom. The quantitative estimate of drug-likeness (QED) is 0.670. The van der Waals surface area contributed by atoms with Crippen molar-refractivity contribution in [3.05, 3.63) is 70.3 Å². The van der Waals surface area contributed by atoms with E-state index in [4.69, 9.17) is 4.74 Å². The first-order valence-electron chi connectivity index (χ1n) is 8.23. The summed E-state index contributed by atoms with van der Waals surface area (Å²) < 4.78 is 8.08. The highest BCUT2D eigenvalue weighted by molar-refractivity contribution is 9.10. The summed E-state index contributed by atoms with van der Waals surface area (Å²) in [4.78, 5) is 23.9. The Bertz CT molecular complexity index is 1010. The monoisotopic (exact) mass is 426 g/mol. The third-order valence-electron chi connectivity index (χ3n) is 4.08. The summed E-state index contributed by atoms with van der Waals surface area (Å²) in [6.07, 6.45) is 1.64. The van der Waals surface area contributed by atoms with Gasteiger partial charge in [-0.2, -0.15) is 5.10 Å². The Labute approximate surface area is 163 Å². The summed E-state index contributed by atoms with van der Waals surface area (Å²) in [6.45, 7) is 0.479. The first kappa shape index (κ1) is 17.3. The number of fused-ring (bicyclic) bond motifs is 1. The van der Waals surface area contributed by atoms with Crippen LogP contribution in [-0.4, -0.2) is 28.2 Å². The van der Waals surface area contributed by atoms with Gasteiger partial charge in [0.25, 0.3) is 11.8 Å². The van der Waals surface area contributed by atoms with Crippen LogP contribution in [0, 0.1) is 0 Å². The van der Waals surface area contributed by atoms with Crippen molar-refractivity contribution >= 4 is 39.2 Å². The molecule has 1 aromatic heterocycles. The largest absolute Gasteiger partial charge is 0.482 e. The summed E-state index contributed by atoms with van der Waals surface area (Å²) in [6, 6.07) is 14.6. The number of hydrogen-bond donors (Lipinski definition) is 2. The molecule has 4 rings (SSSR count). The van der Waals surface area contributed by atoms with Gasteiger partial charge in [0, 0.05) is 16.1 Å². The van der Waals surface area contributed by atoms with Gasteiger partial charge in [-0.15, -0.1) is 0 Å². The molecule has 136 valence electrons. The lowest BCUT2D eigenvalue weighted by Gasteiger charge is -2.18. The van der Waals surface area contributed by atoms with E-state index in [0.29, 0.717) is 29.4 Å². The fourth-order valence-electron chi connectivity index (χ4n) is 2.73. The standard InChI is InChI=1S/C19H15BrN4O3/c20-14-4-1-12(2-5-14)10-24-17(7-8-21-24)23-19(26)13-3-6-15-16(9-13)27-11-18(25)22-15/h1-9H,10-11H2,(H,22,25)(H,23,26). The van der Waals surface area contributed by atoms with Crippen molar-refractivity contribution in [2.75, 3.05) is 17.2 Å². The van der Waals surface area contributed by atoms with Crippen LogP contribution in [-0.2, 0) is 11.3 Å². The molecule has 0 aliphatic carbocycles. The van der Waals surface area contributed by atoms with Gasteiger partial charge in [0.1, 0.15) is 11.6 Å². The van der Waals surface area contributed by atoms with Crippen molar-refractivity contribution in [1.29, 1.82) is 0 Å². The number of nitrogens with one attached hydrogen (secondary N) is 2. The third-order valence-corrected chi connectivity index (χ3v) is 4.61. The second kappa shape index (κ2) is 7.24. The number of benzene rings is 2. The van der Waals surface area contributed by atoms with Gasteiger partial charge in [0.05, 0.1) is 18.4 Å². The lowest BCUT2D eigenvalue weighted by Crippen LogP contribution is -2.25. The average molecular weight is 427 g/mol. The number of ether oxygens (including phenoxy) is 1. The van der Waals surface area contributed by atoms with E-state index in [1.54, 1.807) is 35.1 Å². The number of hydrogen-bond acceptors (Lipinski definition) is 4. The van der Waals surface area contributed by atoms with E-state index in [1.165, 1.54) is 0 Å². The Morgan fingerprint density at radius 1 is 1.22 bits per heavy atom. The first-order valence-corrected chi connectivity index (χ1v) is 9.02. The van der Waals surface area contributed by atoms with E-state index in [0.717, 1.165) is 10.0 Å². The Balaban J connectivity index is 1.50. The molecular weight excluding hydrogens is 412 g/mol. The van der Waals surface area contributed by atoms with Crippen LogP contribution in [0.25, 0.3) is 0 Å². The van der Waals surface area contributed by atoms with Gasteiger partial charge >= 0.3 is 0 Å². The second-order valence-corrected chi connectivity index (χ2v) is 6.92. The predicted molar refractivity (Wildman–Crippen MR) is 104 cm³/mol. The highest BCUT2D eigenvalue weighted by Gasteiger charge is 2.18. The molecule has 0 saturated carbocycles. The van der Waals surface area contributed by atoms with Gasteiger partial charge in [0.15, 0.2) is 6.61 Å². The zero-order valence-electron chi connectivity index (χ0n) is 14.1. The van der Waals surface area contributed by atoms with Crippen LogP contribution in [0.1, 0.15) is 15.9 Å². The second-order valence-electron chi connectivity index (χ2n) is 6.00. The molecule has 2 heterocycles. The summed E-state index contributed by atoms with van der Waals surface area (Å²) in [5.41, 5.74) is 2.06. The molecule has 0 unspecified atom stereocenters. The highest BCUT2D eigenvalue weighted by atomic mass is 79.9. The number of rotatable bonds is 4. The summed E-state index contributed by atoms with van der Waals surface area (Å²) in [5.74, 6) is 0.577. The van der Waals surface area contributed by atoms with Crippen molar-refractivity contribution in [3.8, 4) is 5.75 Å². The Morgan fingerprint density at radius 3 is 2.85 bits per heavy atom. The minimum absolute atomic E-state index is 0.0575. The maximum atomic E-state index is 12.6. The maximum absolute atomic E-state index is 12.6. The molecule has 1 aliphatic heterocycles. The number of halogens is 1. The van der Waals surface area contributed by atoms with E-state index < -0.39 is 0 Å². The van der Waals surface area contributed by atoms with Gasteiger partial charge in [-0.25, -0.2) is 4.68 Å². The number of amides is 2. The zero-order chi connectivity index (χ0) is 18.8. The van der Waals surface area contributed by atoms with Crippen LogP contribution < -0.4 is 15.4 Å². The fraction of sp³-hybridized carbons (Fsp3) is 0.105. The molecule has 0 fully saturated rings. The predicted octanol–water partition coefficient (Wildman–Crippen LogP) is 3.28. The van der Waals surface area contributed by atoms with Crippen LogP contribution in [0.3, 0.4) is 0 Å². The number of carbonyl (C=O) groups is 2. The van der Waals surface area contributed by atoms with Gasteiger partial charge in [-0.3, -0.25) is 9.59 Å². The molecule has 0 saturated heterocycles. The van der Waals surface area contributed by atoms with Gasteiger partial charge in [0.2, 0.25) is 0 Å². The lowest BCUT2D eigenvalue weighted by molar-refractivity contribution is -0.118. The zero-order valence-corrected chi connectivity index (χ0v) is 15.7. The molecule has 2 aromatic carbocycles. The molecule has 2 amide bonds.